The Hall–Kier alpha value is -1.10. The number of carbonyl (C=O) groups excluding carboxylic acids is 1. The molecule has 5 heteroatoms. The van der Waals surface area contributed by atoms with Gasteiger partial charge in [-0.05, 0) is 13.8 Å². The van der Waals surface area contributed by atoms with Crippen molar-refractivity contribution in [3.63, 3.8) is 0 Å². The first kappa shape index (κ1) is 12.9. The quantitative estimate of drug-likeness (QED) is 0.558. The number of nitrogens with one attached hydrogen (secondary N) is 2. The molecule has 0 saturated carbocycles. The number of likely N-dealkylation sites (N-methyl/N-ethyl adjacent to an activating group) is 1. The van der Waals surface area contributed by atoms with Crippen LogP contribution in [0.4, 0.5) is 0 Å². The molecule has 2 atom stereocenters. The fraction of sp³-hybridized carbons (Fsp3) is 0.778. The number of amides is 1. The molecular formula is C9H18N2O3. The van der Waals surface area contributed by atoms with E-state index in [1.54, 1.807) is 13.8 Å². The number of carbonyl (C=O) groups is 2. The van der Waals surface area contributed by atoms with Crippen molar-refractivity contribution in [2.24, 2.45) is 5.92 Å². The summed E-state index contributed by atoms with van der Waals surface area (Å²) in [4.78, 5) is 21.7. The molecule has 0 aromatic rings. The zero-order valence-electron chi connectivity index (χ0n) is 8.83. The van der Waals surface area contributed by atoms with Gasteiger partial charge in [-0.3, -0.25) is 9.59 Å². The van der Waals surface area contributed by atoms with E-state index in [1.165, 1.54) is 0 Å². The van der Waals surface area contributed by atoms with E-state index in [0.717, 1.165) is 0 Å². The number of hydrogen-bond acceptors (Lipinski definition) is 3. The van der Waals surface area contributed by atoms with Crippen LogP contribution in [0.2, 0.25) is 0 Å². The third kappa shape index (κ3) is 4.81. The van der Waals surface area contributed by atoms with E-state index in [4.69, 9.17) is 5.11 Å². The summed E-state index contributed by atoms with van der Waals surface area (Å²) in [5.74, 6) is -1.45. The molecule has 0 fully saturated rings. The number of hydrogen-bond donors (Lipinski definition) is 3. The van der Waals surface area contributed by atoms with E-state index in [1.807, 2.05) is 6.92 Å². The lowest BCUT2D eigenvalue weighted by atomic mass is 10.2. The van der Waals surface area contributed by atoms with Gasteiger partial charge in [0, 0.05) is 13.1 Å². The van der Waals surface area contributed by atoms with Gasteiger partial charge < -0.3 is 15.7 Å². The molecule has 14 heavy (non-hydrogen) atoms. The summed E-state index contributed by atoms with van der Waals surface area (Å²) in [5.41, 5.74) is 0. The molecule has 0 aromatic heterocycles. The van der Waals surface area contributed by atoms with Crippen LogP contribution in [0.5, 0.6) is 0 Å². The summed E-state index contributed by atoms with van der Waals surface area (Å²) in [6.07, 6.45) is 0. The maximum absolute atomic E-state index is 11.2. The van der Waals surface area contributed by atoms with E-state index in [0.29, 0.717) is 13.1 Å². The van der Waals surface area contributed by atoms with Gasteiger partial charge in [-0.2, -0.15) is 0 Å². The largest absolute Gasteiger partial charge is 0.481 e. The fourth-order valence-corrected chi connectivity index (χ4v) is 0.861. The first-order valence-electron chi connectivity index (χ1n) is 4.73. The van der Waals surface area contributed by atoms with E-state index in [9.17, 15) is 9.59 Å². The predicted molar refractivity (Wildman–Crippen MR) is 52.9 cm³/mol. The summed E-state index contributed by atoms with van der Waals surface area (Å²) in [7, 11) is 0. The van der Waals surface area contributed by atoms with E-state index >= 15 is 0 Å². The number of rotatable bonds is 6. The van der Waals surface area contributed by atoms with Crippen LogP contribution in [-0.2, 0) is 9.59 Å². The maximum Gasteiger partial charge on any atom is 0.307 e. The summed E-state index contributed by atoms with van der Waals surface area (Å²) < 4.78 is 0. The van der Waals surface area contributed by atoms with Gasteiger partial charge in [-0.1, -0.05) is 6.92 Å². The fourth-order valence-electron chi connectivity index (χ4n) is 0.861. The first-order chi connectivity index (χ1) is 6.49. The Morgan fingerprint density at radius 1 is 1.36 bits per heavy atom. The number of carboxylic acids is 1. The van der Waals surface area contributed by atoms with Gasteiger partial charge in [0.2, 0.25) is 5.91 Å². The highest BCUT2D eigenvalue weighted by molar-refractivity contribution is 5.81. The highest BCUT2D eigenvalue weighted by atomic mass is 16.4. The molecule has 0 aliphatic rings. The third-order valence-electron chi connectivity index (χ3n) is 1.90. The predicted octanol–water partition coefficient (Wildman–Crippen LogP) is -0.179. The molecule has 5 nitrogen and oxygen atoms in total. The van der Waals surface area contributed by atoms with E-state index < -0.39 is 11.9 Å². The molecule has 82 valence electrons. The summed E-state index contributed by atoms with van der Waals surface area (Å²) in [6.45, 7) is 6.02. The molecule has 0 heterocycles. The molecule has 0 aromatic carbocycles. The Kier molecular flexibility index (Phi) is 5.87. The molecule has 0 aliphatic heterocycles. The normalized spacial score (nSPS) is 14.5. The maximum atomic E-state index is 11.2. The van der Waals surface area contributed by atoms with Gasteiger partial charge in [0.15, 0.2) is 0 Å². The van der Waals surface area contributed by atoms with E-state index in [2.05, 4.69) is 10.6 Å². The summed E-state index contributed by atoms with van der Waals surface area (Å²) in [5, 5.41) is 14.1. The first-order valence-corrected chi connectivity index (χ1v) is 4.73. The van der Waals surface area contributed by atoms with Gasteiger partial charge in [0.25, 0.3) is 0 Å². The average molecular weight is 202 g/mol. The van der Waals surface area contributed by atoms with Crippen molar-refractivity contribution in [3.8, 4) is 0 Å². The molecule has 0 radical (unpaired) electrons. The van der Waals surface area contributed by atoms with Crippen LogP contribution in [0.1, 0.15) is 20.8 Å². The van der Waals surface area contributed by atoms with Crippen LogP contribution in [0, 0.1) is 5.92 Å². The lowest BCUT2D eigenvalue weighted by Gasteiger charge is -2.14. The van der Waals surface area contributed by atoms with Crippen molar-refractivity contribution < 1.29 is 14.7 Å². The van der Waals surface area contributed by atoms with Crippen LogP contribution in [0.15, 0.2) is 0 Å². The Morgan fingerprint density at radius 2 is 1.93 bits per heavy atom. The van der Waals surface area contributed by atoms with Crippen molar-refractivity contribution in [1.82, 2.24) is 10.6 Å². The monoisotopic (exact) mass is 202 g/mol. The van der Waals surface area contributed by atoms with Gasteiger partial charge in [0.05, 0.1) is 12.0 Å². The Labute approximate surface area is 83.9 Å². The van der Waals surface area contributed by atoms with Crippen molar-refractivity contribution in [1.29, 1.82) is 0 Å². The molecule has 0 saturated heterocycles. The van der Waals surface area contributed by atoms with Crippen LogP contribution < -0.4 is 10.6 Å². The molecule has 0 bridgehead atoms. The van der Waals surface area contributed by atoms with Crippen LogP contribution in [0.25, 0.3) is 0 Å². The smallest absolute Gasteiger partial charge is 0.307 e. The van der Waals surface area contributed by atoms with Gasteiger partial charge in [-0.15, -0.1) is 0 Å². The standard InChI is InChI=1S/C9H18N2O3/c1-4-10-8(12)7(3)11-5-6(2)9(13)14/h6-7,11H,4-5H2,1-3H3,(H,10,12)(H,13,14). The van der Waals surface area contributed by atoms with Crippen molar-refractivity contribution >= 4 is 11.9 Å². The van der Waals surface area contributed by atoms with Crippen molar-refractivity contribution in [2.45, 2.75) is 26.8 Å². The van der Waals surface area contributed by atoms with Crippen molar-refractivity contribution in [2.75, 3.05) is 13.1 Å². The second-order valence-electron chi connectivity index (χ2n) is 3.26. The minimum Gasteiger partial charge on any atom is -0.481 e. The Morgan fingerprint density at radius 3 is 2.36 bits per heavy atom. The van der Waals surface area contributed by atoms with Gasteiger partial charge in [0.1, 0.15) is 0 Å². The minimum atomic E-state index is -0.861. The molecule has 0 aliphatic carbocycles. The average Bonchev–Trinajstić information content (AvgIpc) is 2.13. The molecule has 1 amide bonds. The Balaban J connectivity index is 3.78. The molecule has 3 N–H and O–H groups in total. The lowest BCUT2D eigenvalue weighted by Crippen LogP contribution is -2.44. The lowest BCUT2D eigenvalue weighted by molar-refractivity contribution is -0.141. The van der Waals surface area contributed by atoms with E-state index in [-0.39, 0.29) is 11.9 Å². The highest BCUT2D eigenvalue weighted by Crippen LogP contribution is 1.93. The van der Waals surface area contributed by atoms with Crippen LogP contribution in [-0.4, -0.2) is 36.1 Å². The SMILES string of the molecule is CCNC(=O)C(C)NCC(C)C(=O)O. The second-order valence-corrected chi connectivity index (χ2v) is 3.26. The zero-order chi connectivity index (χ0) is 11.1. The van der Waals surface area contributed by atoms with Crippen LogP contribution >= 0.6 is 0 Å². The highest BCUT2D eigenvalue weighted by Gasteiger charge is 2.15. The Bertz CT molecular complexity index is 206. The van der Waals surface area contributed by atoms with Gasteiger partial charge in [-0.25, -0.2) is 0 Å². The third-order valence-corrected chi connectivity index (χ3v) is 1.90. The molecule has 0 rings (SSSR count). The topological polar surface area (TPSA) is 78.4 Å². The molecule has 0 spiro atoms. The second kappa shape index (κ2) is 6.37. The summed E-state index contributed by atoms with van der Waals surface area (Å²) >= 11 is 0. The number of carboxylic acid groups (broad SMARTS) is 1. The molecule has 2 unspecified atom stereocenters. The molecular weight excluding hydrogens is 184 g/mol. The van der Waals surface area contributed by atoms with Crippen molar-refractivity contribution in [3.05, 3.63) is 0 Å². The number of aliphatic carboxylic acids is 1. The minimum absolute atomic E-state index is 0.106. The van der Waals surface area contributed by atoms with Gasteiger partial charge >= 0.3 is 5.97 Å². The zero-order valence-corrected chi connectivity index (χ0v) is 8.83. The van der Waals surface area contributed by atoms with Crippen LogP contribution in [0.3, 0.4) is 0 Å². The summed E-state index contributed by atoms with van der Waals surface area (Å²) in [6, 6.07) is -0.350.